The van der Waals surface area contributed by atoms with E-state index in [1.807, 2.05) is 0 Å². The number of hydrogen-bond donors (Lipinski definition) is 3. The van der Waals surface area contributed by atoms with Crippen molar-refractivity contribution in [2.45, 2.75) is 39.3 Å². The lowest BCUT2D eigenvalue weighted by molar-refractivity contribution is 0.289. The summed E-state index contributed by atoms with van der Waals surface area (Å²) in [7, 11) is -3.57. The van der Waals surface area contributed by atoms with Crippen LogP contribution in [0.2, 0.25) is 0 Å². The summed E-state index contributed by atoms with van der Waals surface area (Å²) in [5.74, 6) is 1.12. The summed E-state index contributed by atoms with van der Waals surface area (Å²) >= 11 is 0. The Hall–Kier alpha value is -0.920. The minimum absolute atomic E-state index is 0.0706. The molecule has 0 aromatic carbocycles. The monoisotopic (exact) mass is 288 g/mol. The summed E-state index contributed by atoms with van der Waals surface area (Å²) in [6, 6.07) is 0. The number of sulfonamides is 1. The largest absolute Gasteiger partial charge is 0.326 e. The molecule has 19 heavy (non-hydrogen) atoms. The smallest absolute Gasteiger partial charge is 0.257 e. The van der Waals surface area contributed by atoms with Crippen molar-refractivity contribution >= 4 is 10.0 Å². The molecule has 0 amide bonds. The maximum Gasteiger partial charge on any atom is 0.257 e. The molecular formula is C12H24N4O2S. The number of nitrogens with one attached hydrogen (secondary N) is 2. The van der Waals surface area contributed by atoms with Crippen molar-refractivity contribution in [3.05, 3.63) is 11.8 Å². The minimum atomic E-state index is -3.57. The highest BCUT2D eigenvalue weighted by Gasteiger charge is 2.24. The van der Waals surface area contributed by atoms with Crippen LogP contribution in [0.1, 0.15) is 33.3 Å². The zero-order valence-electron chi connectivity index (χ0n) is 12.0. The van der Waals surface area contributed by atoms with Gasteiger partial charge < -0.3 is 5.73 Å². The number of aromatic amines is 1. The summed E-state index contributed by atoms with van der Waals surface area (Å²) in [5.41, 5.74) is 5.99. The molecule has 0 aliphatic carbocycles. The highest BCUT2D eigenvalue weighted by atomic mass is 32.2. The second-order valence-corrected chi connectivity index (χ2v) is 7.14. The van der Waals surface area contributed by atoms with Crippen LogP contribution in [0, 0.1) is 17.8 Å². The lowest BCUT2D eigenvalue weighted by atomic mass is 9.86. The third-order valence-electron chi connectivity index (χ3n) is 3.39. The second-order valence-electron chi connectivity index (χ2n) is 5.43. The van der Waals surface area contributed by atoms with Gasteiger partial charge in [0.05, 0.1) is 6.20 Å². The van der Waals surface area contributed by atoms with Crippen LogP contribution in [0.4, 0.5) is 0 Å². The average molecular weight is 288 g/mol. The maximum atomic E-state index is 12.2. The molecular weight excluding hydrogens is 264 g/mol. The van der Waals surface area contributed by atoms with Gasteiger partial charge in [-0.05, 0) is 17.8 Å². The van der Waals surface area contributed by atoms with E-state index in [1.54, 1.807) is 0 Å². The number of nitrogens with zero attached hydrogens (tertiary/aromatic N) is 1. The standard InChI is InChI=1S/C12H24N4O2S/c1-8(2)11(9(3)4)7-15-19(17,18)12-10(5-13)6-14-16-12/h6,8-9,11,15H,5,7,13H2,1-4H3,(H,14,16). The van der Waals surface area contributed by atoms with E-state index in [2.05, 4.69) is 42.6 Å². The van der Waals surface area contributed by atoms with Gasteiger partial charge in [0.25, 0.3) is 10.0 Å². The molecule has 7 heteroatoms. The number of H-pyrrole nitrogens is 1. The Labute approximate surface area is 115 Å². The van der Waals surface area contributed by atoms with Gasteiger partial charge >= 0.3 is 0 Å². The normalized spacial score (nSPS) is 12.8. The van der Waals surface area contributed by atoms with Crippen LogP contribution < -0.4 is 10.5 Å². The van der Waals surface area contributed by atoms with E-state index < -0.39 is 10.0 Å². The summed E-state index contributed by atoms with van der Waals surface area (Å²) in [4.78, 5) is 0. The molecule has 4 N–H and O–H groups in total. The molecule has 0 aliphatic heterocycles. The molecule has 0 aliphatic rings. The van der Waals surface area contributed by atoms with Crippen molar-refractivity contribution in [3.63, 3.8) is 0 Å². The lowest BCUT2D eigenvalue weighted by Gasteiger charge is -2.24. The summed E-state index contributed by atoms with van der Waals surface area (Å²) in [5, 5.41) is 6.30. The molecule has 1 rings (SSSR count). The van der Waals surface area contributed by atoms with Gasteiger partial charge in [0.1, 0.15) is 0 Å². The predicted octanol–water partition coefficient (Wildman–Crippen LogP) is 1.07. The summed E-state index contributed by atoms with van der Waals surface area (Å²) in [6.07, 6.45) is 1.44. The zero-order chi connectivity index (χ0) is 14.6. The van der Waals surface area contributed by atoms with Crippen LogP contribution in [0.3, 0.4) is 0 Å². The first-order chi connectivity index (χ1) is 8.79. The van der Waals surface area contributed by atoms with E-state index in [0.717, 1.165) is 0 Å². The molecule has 6 nitrogen and oxygen atoms in total. The third kappa shape index (κ3) is 4.02. The molecule has 1 aromatic rings. The SMILES string of the molecule is CC(C)C(CNS(=O)(=O)c1[nH]ncc1CN)C(C)C. The highest BCUT2D eigenvalue weighted by molar-refractivity contribution is 7.89. The number of hydrogen-bond acceptors (Lipinski definition) is 4. The van der Waals surface area contributed by atoms with Crippen LogP contribution in [-0.2, 0) is 16.6 Å². The van der Waals surface area contributed by atoms with Crippen molar-refractivity contribution in [2.24, 2.45) is 23.5 Å². The first kappa shape index (κ1) is 16.1. The van der Waals surface area contributed by atoms with Crippen molar-refractivity contribution in [1.29, 1.82) is 0 Å². The molecule has 1 heterocycles. The zero-order valence-corrected chi connectivity index (χ0v) is 12.8. The first-order valence-corrected chi connectivity index (χ1v) is 7.99. The maximum absolute atomic E-state index is 12.2. The molecule has 0 bridgehead atoms. The second kappa shape index (κ2) is 6.49. The van der Waals surface area contributed by atoms with Gasteiger partial charge in [-0.3, -0.25) is 5.10 Å². The topological polar surface area (TPSA) is 101 Å². The van der Waals surface area contributed by atoms with E-state index in [0.29, 0.717) is 29.9 Å². The molecule has 110 valence electrons. The minimum Gasteiger partial charge on any atom is -0.326 e. The Morgan fingerprint density at radius 2 is 1.89 bits per heavy atom. The molecule has 0 saturated carbocycles. The Balaban J connectivity index is 2.81. The van der Waals surface area contributed by atoms with Gasteiger partial charge in [0.2, 0.25) is 0 Å². The third-order valence-corrected chi connectivity index (χ3v) is 4.83. The van der Waals surface area contributed by atoms with E-state index in [4.69, 9.17) is 5.73 Å². The van der Waals surface area contributed by atoms with E-state index in [1.165, 1.54) is 6.20 Å². The fourth-order valence-electron chi connectivity index (χ4n) is 2.20. The van der Waals surface area contributed by atoms with Crippen molar-refractivity contribution in [2.75, 3.05) is 6.54 Å². The number of aromatic nitrogens is 2. The van der Waals surface area contributed by atoms with Gasteiger partial charge in [0.15, 0.2) is 5.03 Å². The van der Waals surface area contributed by atoms with E-state index in [9.17, 15) is 8.42 Å². The van der Waals surface area contributed by atoms with Crippen molar-refractivity contribution < 1.29 is 8.42 Å². The molecule has 0 atom stereocenters. The number of nitrogens with two attached hydrogens (primary N) is 1. The Bertz CT molecular complexity index is 486. The Morgan fingerprint density at radius 3 is 2.37 bits per heavy atom. The van der Waals surface area contributed by atoms with Gasteiger partial charge in [-0.1, -0.05) is 27.7 Å². The molecule has 0 unspecified atom stereocenters. The number of rotatable bonds is 7. The molecule has 0 saturated heterocycles. The van der Waals surface area contributed by atoms with Crippen LogP contribution in [-0.4, -0.2) is 25.2 Å². The molecule has 0 spiro atoms. The summed E-state index contributed by atoms with van der Waals surface area (Å²) < 4.78 is 27.0. The van der Waals surface area contributed by atoms with Crippen molar-refractivity contribution in [1.82, 2.24) is 14.9 Å². The fourth-order valence-corrected chi connectivity index (χ4v) is 3.41. The fraction of sp³-hybridized carbons (Fsp3) is 0.750. The predicted molar refractivity (Wildman–Crippen MR) is 74.8 cm³/mol. The molecule has 0 fully saturated rings. The summed E-state index contributed by atoms with van der Waals surface area (Å²) in [6.45, 7) is 8.95. The van der Waals surface area contributed by atoms with Gasteiger partial charge in [-0.15, -0.1) is 0 Å². The Kier molecular flexibility index (Phi) is 5.51. The van der Waals surface area contributed by atoms with Crippen LogP contribution >= 0.6 is 0 Å². The van der Waals surface area contributed by atoms with E-state index >= 15 is 0 Å². The van der Waals surface area contributed by atoms with Crippen molar-refractivity contribution in [3.8, 4) is 0 Å². The van der Waals surface area contributed by atoms with Crippen LogP contribution in [0.15, 0.2) is 11.2 Å². The molecule has 1 aromatic heterocycles. The van der Waals surface area contributed by atoms with E-state index in [-0.39, 0.29) is 11.6 Å². The van der Waals surface area contributed by atoms with Gasteiger partial charge in [-0.2, -0.15) is 5.10 Å². The first-order valence-electron chi connectivity index (χ1n) is 6.51. The highest BCUT2D eigenvalue weighted by Crippen LogP contribution is 2.20. The average Bonchev–Trinajstić information content (AvgIpc) is 2.76. The molecule has 0 radical (unpaired) electrons. The van der Waals surface area contributed by atoms with Crippen LogP contribution in [0.5, 0.6) is 0 Å². The van der Waals surface area contributed by atoms with Gasteiger partial charge in [-0.25, -0.2) is 13.1 Å². The van der Waals surface area contributed by atoms with Gasteiger partial charge in [0, 0.05) is 18.7 Å². The lowest BCUT2D eigenvalue weighted by Crippen LogP contribution is -2.34. The quantitative estimate of drug-likeness (QED) is 0.698. The Morgan fingerprint density at radius 1 is 1.32 bits per heavy atom. The van der Waals surface area contributed by atoms with Crippen LogP contribution in [0.25, 0.3) is 0 Å².